The van der Waals surface area contributed by atoms with Gasteiger partial charge in [0.15, 0.2) is 11.6 Å². The SMILES string of the molecule is COCCOCCNc1ncnc(N)c1OC. The zero-order valence-electron chi connectivity index (χ0n) is 10.1. The molecule has 0 unspecified atom stereocenters. The van der Waals surface area contributed by atoms with E-state index >= 15 is 0 Å². The van der Waals surface area contributed by atoms with E-state index in [1.165, 1.54) is 13.4 Å². The fraction of sp³-hybridized carbons (Fsp3) is 0.600. The van der Waals surface area contributed by atoms with Crippen LogP contribution in [-0.2, 0) is 9.47 Å². The summed E-state index contributed by atoms with van der Waals surface area (Å²) in [5.74, 6) is 1.32. The summed E-state index contributed by atoms with van der Waals surface area (Å²) in [7, 11) is 3.16. The first-order chi connectivity index (χ1) is 8.29. The molecule has 7 nitrogen and oxygen atoms in total. The van der Waals surface area contributed by atoms with Crippen molar-refractivity contribution in [2.45, 2.75) is 0 Å². The van der Waals surface area contributed by atoms with Crippen LogP contribution in [0.15, 0.2) is 6.33 Å². The smallest absolute Gasteiger partial charge is 0.203 e. The molecule has 1 aromatic heterocycles. The zero-order valence-corrected chi connectivity index (χ0v) is 10.1. The van der Waals surface area contributed by atoms with Gasteiger partial charge >= 0.3 is 0 Å². The van der Waals surface area contributed by atoms with Crippen molar-refractivity contribution in [2.24, 2.45) is 0 Å². The van der Waals surface area contributed by atoms with Gasteiger partial charge < -0.3 is 25.3 Å². The van der Waals surface area contributed by atoms with E-state index in [-0.39, 0.29) is 0 Å². The van der Waals surface area contributed by atoms with Crippen LogP contribution in [0.3, 0.4) is 0 Å². The number of nitrogen functional groups attached to an aromatic ring is 1. The predicted molar refractivity (Wildman–Crippen MR) is 64.2 cm³/mol. The number of aromatic nitrogens is 2. The maximum absolute atomic E-state index is 5.64. The molecule has 96 valence electrons. The minimum Gasteiger partial charge on any atom is -0.490 e. The standard InChI is InChI=1S/C10H18N4O3/c1-15-5-6-17-4-3-12-10-8(16-2)9(11)13-7-14-10/h7H,3-6H2,1-2H3,(H3,11,12,13,14). The van der Waals surface area contributed by atoms with Gasteiger partial charge in [0, 0.05) is 13.7 Å². The van der Waals surface area contributed by atoms with E-state index in [0.29, 0.717) is 43.8 Å². The van der Waals surface area contributed by atoms with Crippen molar-refractivity contribution in [2.75, 3.05) is 51.6 Å². The largest absolute Gasteiger partial charge is 0.490 e. The summed E-state index contributed by atoms with van der Waals surface area (Å²) in [5.41, 5.74) is 5.64. The first kappa shape index (κ1) is 13.5. The maximum atomic E-state index is 5.64. The summed E-state index contributed by atoms with van der Waals surface area (Å²) >= 11 is 0. The van der Waals surface area contributed by atoms with Gasteiger partial charge in [-0.25, -0.2) is 9.97 Å². The minimum atomic E-state index is 0.310. The Bertz CT molecular complexity index is 335. The minimum absolute atomic E-state index is 0.310. The van der Waals surface area contributed by atoms with Gasteiger partial charge in [-0.3, -0.25) is 0 Å². The molecule has 1 heterocycles. The third-order valence-corrected chi connectivity index (χ3v) is 2.01. The lowest BCUT2D eigenvalue weighted by molar-refractivity contribution is 0.0759. The summed E-state index contributed by atoms with van der Waals surface area (Å²) < 4.78 is 15.3. The lowest BCUT2D eigenvalue weighted by Gasteiger charge is -2.10. The average Bonchev–Trinajstić information content (AvgIpc) is 2.34. The Kier molecular flexibility index (Phi) is 6.05. The van der Waals surface area contributed by atoms with Gasteiger partial charge in [-0.05, 0) is 0 Å². The van der Waals surface area contributed by atoms with Crippen LogP contribution in [0.4, 0.5) is 11.6 Å². The Morgan fingerprint density at radius 1 is 1.24 bits per heavy atom. The molecular weight excluding hydrogens is 224 g/mol. The van der Waals surface area contributed by atoms with Crippen LogP contribution < -0.4 is 15.8 Å². The molecule has 0 aromatic carbocycles. The Hall–Kier alpha value is -1.60. The van der Waals surface area contributed by atoms with E-state index in [0.717, 1.165) is 0 Å². The Labute approximate surface area is 100 Å². The molecule has 0 radical (unpaired) electrons. The van der Waals surface area contributed by atoms with Gasteiger partial charge in [0.05, 0.1) is 26.9 Å². The normalized spacial score (nSPS) is 10.2. The van der Waals surface area contributed by atoms with Crippen LogP contribution in [0.5, 0.6) is 5.75 Å². The van der Waals surface area contributed by atoms with Crippen LogP contribution in [0.2, 0.25) is 0 Å². The number of anilines is 2. The highest BCUT2D eigenvalue weighted by Crippen LogP contribution is 2.25. The number of nitrogens with two attached hydrogens (primary N) is 1. The Morgan fingerprint density at radius 2 is 2.06 bits per heavy atom. The van der Waals surface area contributed by atoms with Gasteiger partial charge in [0.1, 0.15) is 6.33 Å². The fourth-order valence-electron chi connectivity index (χ4n) is 1.20. The van der Waals surface area contributed by atoms with E-state index in [1.807, 2.05) is 0 Å². The molecule has 0 aliphatic heterocycles. The van der Waals surface area contributed by atoms with Crippen molar-refractivity contribution in [1.82, 2.24) is 9.97 Å². The molecule has 7 heteroatoms. The predicted octanol–water partition coefficient (Wildman–Crippen LogP) is 0.142. The first-order valence-electron chi connectivity index (χ1n) is 5.24. The van der Waals surface area contributed by atoms with E-state index in [1.54, 1.807) is 7.11 Å². The molecule has 0 fully saturated rings. The number of hydrogen-bond donors (Lipinski definition) is 2. The van der Waals surface area contributed by atoms with Crippen molar-refractivity contribution >= 4 is 11.6 Å². The molecule has 0 saturated carbocycles. The van der Waals surface area contributed by atoms with E-state index < -0.39 is 0 Å². The van der Waals surface area contributed by atoms with Crippen molar-refractivity contribution in [3.8, 4) is 5.75 Å². The second-order valence-electron chi connectivity index (χ2n) is 3.17. The second kappa shape index (κ2) is 7.64. The molecule has 0 bridgehead atoms. The number of nitrogens with one attached hydrogen (secondary N) is 1. The van der Waals surface area contributed by atoms with Crippen LogP contribution in [0, 0.1) is 0 Å². The highest BCUT2D eigenvalue weighted by atomic mass is 16.5. The first-order valence-corrected chi connectivity index (χ1v) is 5.24. The molecule has 0 spiro atoms. The monoisotopic (exact) mass is 242 g/mol. The maximum Gasteiger partial charge on any atom is 0.203 e. The molecular formula is C10H18N4O3. The molecule has 0 atom stereocenters. The molecule has 0 amide bonds. The molecule has 1 aromatic rings. The molecule has 0 aliphatic carbocycles. The number of ether oxygens (including phenoxy) is 3. The highest BCUT2D eigenvalue weighted by molar-refractivity contribution is 5.61. The summed E-state index contributed by atoms with van der Waals surface area (Å²) in [6.45, 7) is 2.32. The van der Waals surface area contributed by atoms with Gasteiger partial charge in [0.25, 0.3) is 0 Å². The third kappa shape index (κ3) is 4.41. The molecule has 0 saturated heterocycles. The summed E-state index contributed by atoms with van der Waals surface area (Å²) in [4.78, 5) is 7.87. The zero-order chi connectivity index (χ0) is 12.5. The third-order valence-electron chi connectivity index (χ3n) is 2.01. The van der Waals surface area contributed by atoms with Crippen LogP contribution in [-0.4, -0.2) is 50.6 Å². The van der Waals surface area contributed by atoms with Gasteiger partial charge in [-0.15, -0.1) is 0 Å². The summed E-state index contributed by atoms with van der Waals surface area (Å²) in [5, 5.41) is 3.06. The Balaban J connectivity index is 2.33. The number of hydrogen-bond acceptors (Lipinski definition) is 7. The van der Waals surface area contributed by atoms with E-state index in [9.17, 15) is 0 Å². The van der Waals surface area contributed by atoms with E-state index in [4.69, 9.17) is 19.9 Å². The quantitative estimate of drug-likeness (QED) is 0.626. The number of nitrogens with zero attached hydrogens (tertiary/aromatic N) is 2. The van der Waals surface area contributed by atoms with Gasteiger partial charge in [-0.2, -0.15) is 0 Å². The molecule has 17 heavy (non-hydrogen) atoms. The average molecular weight is 242 g/mol. The van der Waals surface area contributed by atoms with Crippen LogP contribution in [0.25, 0.3) is 0 Å². The summed E-state index contributed by atoms with van der Waals surface area (Å²) in [6.07, 6.45) is 1.38. The van der Waals surface area contributed by atoms with Crippen LogP contribution in [0.1, 0.15) is 0 Å². The fourth-order valence-corrected chi connectivity index (χ4v) is 1.20. The molecule has 0 aliphatic rings. The van der Waals surface area contributed by atoms with E-state index in [2.05, 4.69) is 15.3 Å². The van der Waals surface area contributed by atoms with Crippen molar-refractivity contribution in [1.29, 1.82) is 0 Å². The lowest BCUT2D eigenvalue weighted by Crippen LogP contribution is -2.14. The number of methoxy groups -OCH3 is 2. The number of rotatable bonds is 8. The van der Waals surface area contributed by atoms with Gasteiger partial charge in [-0.1, -0.05) is 0 Å². The van der Waals surface area contributed by atoms with Crippen molar-refractivity contribution in [3.63, 3.8) is 0 Å². The van der Waals surface area contributed by atoms with Crippen molar-refractivity contribution < 1.29 is 14.2 Å². The van der Waals surface area contributed by atoms with Gasteiger partial charge in [0.2, 0.25) is 5.75 Å². The molecule has 3 N–H and O–H groups in total. The highest BCUT2D eigenvalue weighted by Gasteiger charge is 2.08. The van der Waals surface area contributed by atoms with Crippen LogP contribution >= 0.6 is 0 Å². The second-order valence-corrected chi connectivity index (χ2v) is 3.17. The lowest BCUT2D eigenvalue weighted by atomic mass is 10.4. The Morgan fingerprint density at radius 3 is 2.76 bits per heavy atom. The topological polar surface area (TPSA) is 91.5 Å². The summed E-state index contributed by atoms with van der Waals surface area (Å²) in [6, 6.07) is 0. The molecule has 1 rings (SSSR count). The van der Waals surface area contributed by atoms with Crippen molar-refractivity contribution in [3.05, 3.63) is 6.33 Å².